The molecule has 0 radical (unpaired) electrons. The Bertz CT molecular complexity index is 1140. The first-order valence-electron chi connectivity index (χ1n) is 10.5. The van der Waals surface area contributed by atoms with Crippen LogP contribution in [0, 0.1) is 0 Å². The highest BCUT2D eigenvalue weighted by Gasteiger charge is 2.21. The van der Waals surface area contributed by atoms with Gasteiger partial charge in [0.05, 0.1) is 11.4 Å². The van der Waals surface area contributed by atoms with Crippen LogP contribution in [-0.2, 0) is 0 Å². The van der Waals surface area contributed by atoms with Crippen LogP contribution in [0.5, 0.6) is 0 Å². The van der Waals surface area contributed by atoms with Crippen LogP contribution in [-0.4, -0.2) is 21.4 Å². The lowest BCUT2D eigenvalue weighted by molar-refractivity contribution is 0.0948. The topological polar surface area (TPSA) is 76.3 Å². The Kier molecular flexibility index (Phi) is 5.74. The molecular formula is C24H26N4O2. The smallest absolute Gasteiger partial charge is 0.267 e. The average Bonchev–Trinajstić information content (AvgIpc) is 2.78. The van der Waals surface area contributed by atoms with E-state index in [1.165, 1.54) is 10.2 Å². The molecule has 2 aromatic carbocycles. The summed E-state index contributed by atoms with van der Waals surface area (Å²) in [6, 6.07) is 17.5. The summed E-state index contributed by atoms with van der Waals surface area (Å²) in [5.41, 5.74) is 5.07. The van der Waals surface area contributed by atoms with Crippen molar-refractivity contribution in [3.05, 3.63) is 76.2 Å². The number of hydrazone groups is 1. The monoisotopic (exact) mass is 402 g/mol. The van der Waals surface area contributed by atoms with Gasteiger partial charge < -0.3 is 0 Å². The zero-order valence-corrected chi connectivity index (χ0v) is 17.3. The molecular weight excluding hydrogens is 376 g/mol. The average molecular weight is 402 g/mol. The van der Waals surface area contributed by atoms with Gasteiger partial charge in [0.1, 0.15) is 0 Å². The van der Waals surface area contributed by atoms with Gasteiger partial charge in [0.25, 0.3) is 11.5 Å². The summed E-state index contributed by atoms with van der Waals surface area (Å²) in [6.07, 6.45) is 3.77. The van der Waals surface area contributed by atoms with Crippen molar-refractivity contribution in [2.75, 3.05) is 0 Å². The minimum absolute atomic E-state index is 0.145. The minimum Gasteiger partial charge on any atom is -0.267 e. The zero-order valence-electron chi connectivity index (χ0n) is 17.3. The number of aromatic nitrogens is 2. The lowest BCUT2D eigenvalue weighted by Gasteiger charge is -2.23. The van der Waals surface area contributed by atoms with Crippen LogP contribution in [0.15, 0.2) is 64.5 Å². The largest absolute Gasteiger partial charge is 0.292 e. The molecule has 1 heterocycles. The molecule has 0 bridgehead atoms. The SMILES string of the molecule is CC(C)n1nc(C(=O)NN=C2CCC(c3ccccc3)CC2)c2ccccc2c1=O. The van der Waals surface area contributed by atoms with Crippen molar-refractivity contribution in [1.29, 1.82) is 0 Å². The Balaban J connectivity index is 1.52. The molecule has 3 aromatic rings. The van der Waals surface area contributed by atoms with E-state index in [-0.39, 0.29) is 17.3 Å². The second-order valence-corrected chi connectivity index (χ2v) is 8.04. The lowest BCUT2D eigenvalue weighted by Crippen LogP contribution is -2.30. The van der Waals surface area contributed by atoms with E-state index in [0.717, 1.165) is 31.4 Å². The molecule has 0 atom stereocenters. The van der Waals surface area contributed by atoms with Gasteiger partial charge in [-0.2, -0.15) is 10.2 Å². The van der Waals surface area contributed by atoms with Gasteiger partial charge in [0, 0.05) is 11.1 Å². The zero-order chi connectivity index (χ0) is 21.1. The van der Waals surface area contributed by atoms with E-state index >= 15 is 0 Å². The molecule has 6 heteroatoms. The van der Waals surface area contributed by atoms with Crippen molar-refractivity contribution in [2.45, 2.75) is 51.5 Å². The van der Waals surface area contributed by atoms with Crippen LogP contribution >= 0.6 is 0 Å². The number of carbonyl (C=O) groups is 1. The molecule has 0 aliphatic heterocycles. The quantitative estimate of drug-likeness (QED) is 0.656. The standard InChI is InChI=1S/C24H26N4O2/c1-16(2)28-24(30)21-11-7-6-10-20(21)22(27-28)23(29)26-25-19-14-12-18(13-15-19)17-8-4-3-5-9-17/h3-11,16,18H,12-15H2,1-2H3,(H,26,29). The van der Waals surface area contributed by atoms with E-state index < -0.39 is 5.91 Å². The Labute approximate surface area is 175 Å². The molecule has 1 fully saturated rings. The molecule has 1 saturated carbocycles. The van der Waals surface area contributed by atoms with Crippen LogP contribution in [0.25, 0.3) is 10.8 Å². The van der Waals surface area contributed by atoms with Crippen LogP contribution < -0.4 is 11.0 Å². The summed E-state index contributed by atoms with van der Waals surface area (Å²) in [5.74, 6) is 0.152. The van der Waals surface area contributed by atoms with Crippen molar-refractivity contribution in [1.82, 2.24) is 15.2 Å². The van der Waals surface area contributed by atoms with E-state index in [4.69, 9.17) is 0 Å². The van der Waals surface area contributed by atoms with Crippen molar-refractivity contribution < 1.29 is 4.79 Å². The molecule has 1 amide bonds. The highest BCUT2D eigenvalue weighted by molar-refractivity contribution is 6.05. The molecule has 4 rings (SSSR count). The molecule has 1 aromatic heterocycles. The summed E-state index contributed by atoms with van der Waals surface area (Å²) in [7, 11) is 0. The number of hydrogen-bond acceptors (Lipinski definition) is 4. The van der Waals surface area contributed by atoms with Crippen molar-refractivity contribution >= 4 is 22.4 Å². The maximum Gasteiger partial charge on any atom is 0.292 e. The first kappa shape index (κ1) is 20.0. The third-order valence-electron chi connectivity index (χ3n) is 5.68. The van der Waals surface area contributed by atoms with Crippen molar-refractivity contribution in [3.63, 3.8) is 0 Å². The van der Waals surface area contributed by atoms with Gasteiger partial charge in [-0.3, -0.25) is 9.59 Å². The third-order valence-corrected chi connectivity index (χ3v) is 5.68. The number of rotatable bonds is 4. The summed E-state index contributed by atoms with van der Waals surface area (Å²) >= 11 is 0. The van der Waals surface area contributed by atoms with E-state index in [1.807, 2.05) is 19.9 Å². The molecule has 6 nitrogen and oxygen atoms in total. The summed E-state index contributed by atoms with van der Waals surface area (Å²) in [5, 5.41) is 9.75. The number of nitrogens with one attached hydrogen (secondary N) is 1. The molecule has 154 valence electrons. The van der Waals surface area contributed by atoms with E-state index in [2.05, 4.69) is 39.9 Å². The van der Waals surface area contributed by atoms with Crippen molar-refractivity contribution in [2.24, 2.45) is 5.10 Å². The van der Waals surface area contributed by atoms with Gasteiger partial charge in [-0.1, -0.05) is 48.5 Å². The van der Waals surface area contributed by atoms with Gasteiger partial charge in [0.15, 0.2) is 5.69 Å². The highest BCUT2D eigenvalue weighted by atomic mass is 16.2. The molecule has 1 N–H and O–H groups in total. The van der Waals surface area contributed by atoms with Gasteiger partial charge in [0.2, 0.25) is 0 Å². The number of amides is 1. The van der Waals surface area contributed by atoms with Crippen LogP contribution in [0.3, 0.4) is 0 Å². The molecule has 1 aliphatic rings. The molecule has 0 saturated heterocycles. The van der Waals surface area contributed by atoms with Gasteiger partial charge in [-0.25, -0.2) is 10.1 Å². The van der Waals surface area contributed by atoms with Gasteiger partial charge in [-0.05, 0) is 57.1 Å². The van der Waals surface area contributed by atoms with Crippen LogP contribution in [0.2, 0.25) is 0 Å². The summed E-state index contributed by atoms with van der Waals surface area (Å²) in [6.45, 7) is 3.74. The lowest BCUT2D eigenvalue weighted by atomic mass is 9.83. The van der Waals surface area contributed by atoms with Gasteiger partial charge in [-0.15, -0.1) is 0 Å². The van der Waals surface area contributed by atoms with Crippen LogP contribution in [0.1, 0.15) is 67.5 Å². The number of fused-ring (bicyclic) bond motifs is 1. The molecule has 0 unspecified atom stereocenters. The minimum atomic E-state index is -0.390. The van der Waals surface area contributed by atoms with Crippen molar-refractivity contribution in [3.8, 4) is 0 Å². The first-order valence-corrected chi connectivity index (χ1v) is 10.5. The molecule has 0 spiro atoms. The third kappa shape index (κ3) is 4.03. The van der Waals surface area contributed by atoms with E-state index in [9.17, 15) is 9.59 Å². The second kappa shape index (κ2) is 8.61. The second-order valence-electron chi connectivity index (χ2n) is 8.04. The Morgan fingerprint density at radius 2 is 1.67 bits per heavy atom. The first-order chi connectivity index (χ1) is 14.5. The normalized spacial score (nSPS) is 16.6. The van der Waals surface area contributed by atoms with E-state index in [0.29, 0.717) is 16.7 Å². The maximum absolute atomic E-state index is 12.9. The molecule has 1 aliphatic carbocycles. The molecule has 30 heavy (non-hydrogen) atoms. The maximum atomic E-state index is 12.9. The number of hydrogen-bond donors (Lipinski definition) is 1. The Morgan fingerprint density at radius 1 is 1.03 bits per heavy atom. The fourth-order valence-electron chi connectivity index (χ4n) is 4.03. The number of carbonyl (C=O) groups excluding carboxylic acids is 1. The summed E-state index contributed by atoms with van der Waals surface area (Å²) < 4.78 is 1.36. The predicted octanol–water partition coefficient (Wildman–Crippen LogP) is 4.42. The predicted molar refractivity (Wildman–Crippen MR) is 119 cm³/mol. The highest BCUT2D eigenvalue weighted by Crippen LogP contribution is 2.31. The summed E-state index contributed by atoms with van der Waals surface area (Å²) in [4.78, 5) is 25.5. The fourth-order valence-corrected chi connectivity index (χ4v) is 4.03. The van der Waals surface area contributed by atoms with Crippen LogP contribution in [0.4, 0.5) is 0 Å². The fraction of sp³-hybridized carbons (Fsp3) is 0.333. The number of nitrogens with zero attached hydrogens (tertiary/aromatic N) is 3. The Morgan fingerprint density at radius 3 is 2.33 bits per heavy atom. The number of benzene rings is 2. The van der Waals surface area contributed by atoms with E-state index in [1.54, 1.807) is 24.3 Å². The Hall–Kier alpha value is -3.28. The van der Waals surface area contributed by atoms with Gasteiger partial charge >= 0.3 is 0 Å².